The molecule has 4 nitrogen and oxygen atoms in total. The lowest BCUT2D eigenvalue weighted by Gasteiger charge is -2.10. The Hall–Kier alpha value is -2.11. The van der Waals surface area contributed by atoms with Crippen LogP contribution in [0.4, 0.5) is 10.8 Å². The molecule has 5 heteroatoms. The number of hydrogen-bond donors (Lipinski definition) is 3. The fourth-order valence-electron chi connectivity index (χ4n) is 2.61. The lowest BCUT2D eigenvalue weighted by Crippen LogP contribution is -2.15. The first-order valence-electron chi connectivity index (χ1n) is 8.47. The molecule has 3 N–H and O–H groups in total. The van der Waals surface area contributed by atoms with Crippen LogP contribution in [-0.2, 0) is 6.54 Å². The Labute approximate surface area is 147 Å². The van der Waals surface area contributed by atoms with Gasteiger partial charge in [-0.1, -0.05) is 43.3 Å². The largest absolute Gasteiger partial charge is 0.383 e. The van der Waals surface area contributed by atoms with E-state index in [4.69, 9.17) is 0 Å². The molecule has 0 spiro atoms. The lowest BCUT2D eigenvalue weighted by molar-refractivity contribution is 0.667. The van der Waals surface area contributed by atoms with Crippen LogP contribution in [0.2, 0.25) is 0 Å². The predicted molar refractivity (Wildman–Crippen MR) is 105 cm³/mol. The highest BCUT2D eigenvalue weighted by atomic mass is 32.1. The molecular formula is C19H24N4S. The molecule has 0 radical (unpaired) electrons. The molecule has 1 aromatic heterocycles. The summed E-state index contributed by atoms with van der Waals surface area (Å²) in [7, 11) is 0. The number of fused-ring (bicyclic) bond motifs is 1. The Balaban J connectivity index is 1.47. The molecule has 0 amide bonds. The van der Waals surface area contributed by atoms with E-state index in [1.165, 1.54) is 16.5 Å². The SMILES string of the molecule is CCCNCc1csc(NCCNc2cccc3ccccc23)n1. The van der Waals surface area contributed by atoms with Crippen molar-refractivity contribution in [3.63, 3.8) is 0 Å². The van der Waals surface area contributed by atoms with Crippen LogP contribution in [0.3, 0.4) is 0 Å². The minimum absolute atomic E-state index is 0.846. The van der Waals surface area contributed by atoms with Gasteiger partial charge in [0.2, 0.25) is 0 Å². The Kier molecular flexibility index (Phi) is 6.04. The van der Waals surface area contributed by atoms with Crippen LogP contribution < -0.4 is 16.0 Å². The molecule has 3 aromatic rings. The van der Waals surface area contributed by atoms with E-state index < -0.39 is 0 Å². The van der Waals surface area contributed by atoms with Crippen LogP contribution in [0.5, 0.6) is 0 Å². The summed E-state index contributed by atoms with van der Waals surface area (Å²) >= 11 is 1.67. The second-order valence-electron chi connectivity index (χ2n) is 5.70. The Bertz CT molecular complexity index is 763. The van der Waals surface area contributed by atoms with Gasteiger partial charge in [0, 0.05) is 36.1 Å². The molecule has 0 atom stereocenters. The Morgan fingerprint density at radius 2 is 1.79 bits per heavy atom. The van der Waals surface area contributed by atoms with Crippen molar-refractivity contribution in [3.05, 3.63) is 53.5 Å². The van der Waals surface area contributed by atoms with Crippen LogP contribution in [-0.4, -0.2) is 24.6 Å². The van der Waals surface area contributed by atoms with Gasteiger partial charge in [-0.3, -0.25) is 0 Å². The zero-order chi connectivity index (χ0) is 16.6. The average molecular weight is 340 g/mol. The monoisotopic (exact) mass is 340 g/mol. The third-order valence-corrected chi connectivity index (χ3v) is 4.64. The van der Waals surface area contributed by atoms with Gasteiger partial charge in [0.15, 0.2) is 5.13 Å². The molecule has 2 aromatic carbocycles. The van der Waals surface area contributed by atoms with Crippen molar-refractivity contribution in [1.82, 2.24) is 10.3 Å². The lowest BCUT2D eigenvalue weighted by atomic mass is 10.1. The fraction of sp³-hybridized carbons (Fsp3) is 0.316. The minimum Gasteiger partial charge on any atom is -0.383 e. The number of nitrogens with zero attached hydrogens (tertiary/aromatic N) is 1. The van der Waals surface area contributed by atoms with E-state index >= 15 is 0 Å². The zero-order valence-electron chi connectivity index (χ0n) is 14.0. The first-order valence-corrected chi connectivity index (χ1v) is 9.35. The summed E-state index contributed by atoms with van der Waals surface area (Å²) in [5, 5.41) is 15.9. The van der Waals surface area contributed by atoms with Gasteiger partial charge in [-0.05, 0) is 24.4 Å². The normalized spacial score (nSPS) is 10.9. The molecule has 0 bridgehead atoms. The Morgan fingerprint density at radius 3 is 2.71 bits per heavy atom. The number of benzene rings is 2. The van der Waals surface area contributed by atoms with Gasteiger partial charge in [-0.25, -0.2) is 4.98 Å². The van der Waals surface area contributed by atoms with Crippen molar-refractivity contribution >= 4 is 32.9 Å². The van der Waals surface area contributed by atoms with E-state index in [9.17, 15) is 0 Å². The van der Waals surface area contributed by atoms with Crippen LogP contribution in [0.15, 0.2) is 47.8 Å². The summed E-state index contributed by atoms with van der Waals surface area (Å²) in [5.74, 6) is 0. The van der Waals surface area contributed by atoms with Gasteiger partial charge in [-0.15, -0.1) is 11.3 Å². The van der Waals surface area contributed by atoms with Crippen molar-refractivity contribution < 1.29 is 0 Å². The summed E-state index contributed by atoms with van der Waals surface area (Å²) in [5.41, 5.74) is 2.29. The molecular weight excluding hydrogens is 316 g/mol. The standard InChI is InChI=1S/C19H24N4S/c1-2-10-20-13-16-14-24-19(23-16)22-12-11-21-18-9-5-7-15-6-3-4-8-17(15)18/h3-9,14,20-21H,2,10-13H2,1H3,(H,22,23). The third kappa shape index (κ3) is 4.46. The quantitative estimate of drug-likeness (QED) is 0.508. The molecule has 0 aliphatic carbocycles. The highest BCUT2D eigenvalue weighted by molar-refractivity contribution is 7.13. The van der Waals surface area contributed by atoms with Crippen molar-refractivity contribution in [2.75, 3.05) is 30.3 Å². The van der Waals surface area contributed by atoms with Crippen molar-refractivity contribution in [2.24, 2.45) is 0 Å². The summed E-state index contributed by atoms with van der Waals surface area (Å²) in [6.45, 7) is 5.76. The van der Waals surface area contributed by atoms with Crippen LogP contribution >= 0.6 is 11.3 Å². The first-order chi connectivity index (χ1) is 11.9. The molecule has 24 heavy (non-hydrogen) atoms. The van der Waals surface area contributed by atoms with E-state index in [0.29, 0.717) is 0 Å². The highest BCUT2D eigenvalue weighted by Gasteiger charge is 2.02. The second-order valence-corrected chi connectivity index (χ2v) is 6.56. The molecule has 0 aliphatic rings. The molecule has 0 unspecified atom stereocenters. The number of nitrogens with one attached hydrogen (secondary N) is 3. The van der Waals surface area contributed by atoms with Gasteiger partial charge < -0.3 is 16.0 Å². The number of anilines is 2. The van der Waals surface area contributed by atoms with Crippen LogP contribution in [0.25, 0.3) is 10.8 Å². The summed E-state index contributed by atoms with van der Waals surface area (Å²) in [6, 6.07) is 14.8. The molecule has 1 heterocycles. The van der Waals surface area contributed by atoms with E-state index in [-0.39, 0.29) is 0 Å². The second kappa shape index (κ2) is 8.66. The number of thiazole rings is 1. The third-order valence-electron chi connectivity index (χ3n) is 3.79. The topological polar surface area (TPSA) is 49.0 Å². The van der Waals surface area contributed by atoms with Gasteiger partial charge in [-0.2, -0.15) is 0 Å². The smallest absolute Gasteiger partial charge is 0.182 e. The van der Waals surface area contributed by atoms with E-state index in [2.05, 4.69) is 75.7 Å². The Morgan fingerprint density at radius 1 is 0.958 bits per heavy atom. The zero-order valence-corrected chi connectivity index (χ0v) is 14.8. The van der Waals surface area contributed by atoms with Crippen LogP contribution in [0, 0.1) is 0 Å². The van der Waals surface area contributed by atoms with Crippen molar-refractivity contribution in [2.45, 2.75) is 19.9 Å². The maximum Gasteiger partial charge on any atom is 0.182 e. The molecule has 126 valence electrons. The number of rotatable bonds is 9. The van der Waals surface area contributed by atoms with E-state index in [1.807, 2.05) is 0 Å². The summed E-state index contributed by atoms with van der Waals surface area (Å²) in [6.07, 6.45) is 1.15. The number of aromatic nitrogens is 1. The minimum atomic E-state index is 0.846. The summed E-state index contributed by atoms with van der Waals surface area (Å²) < 4.78 is 0. The van der Waals surface area contributed by atoms with Gasteiger partial charge in [0.1, 0.15) is 0 Å². The maximum absolute atomic E-state index is 4.59. The van der Waals surface area contributed by atoms with Gasteiger partial charge >= 0.3 is 0 Å². The van der Waals surface area contributed by atoms with E-state index in [1.54, 1.807) is 11.3 Å². The summed E-state index contributed by atoms with van der Waals surface area (Å²) in [4.78, 5) is 4.59. The highest BCUT2D eigenvalue weighted by Crippen LogP contribution is 2.22. The van der Waals surface area contributed by atoms with Gasteiger partial charge in [0.25, 0.3) is 0 Å². The fourth-order valence-corrected chi connectivity index (χ4v) is 3.35. The van der Waals surface area contributed by atoms with Gasteiger partial charge in [0.05, 0.1) is 5.69 Å². The predicted octanol–water partition coefficient (Wildman–Crippen LogP) is 4.32. The maximum atomic E-state index is 4.59. The number of hydrogen-bond acceptors (Lipinski definition) is 5. The molecule has 3 rings (SSSR count). The van der Waals surface area contributed by atoms with E-state index in [0.717, 1.165) is 43.4 Å². The molecule has 0 saturated carbocycles. The molecule has 0 aliphatic heterocycles. The average Bonchev–Trinajstić information content (AvgIpc) is 3.07. The molecule has 0 fully saturated rings. The van der Waals surface area contributed by atoms with Crippen LogP contribution in [0.1, 0.15) is 19.0 Å². The van der Waals surface area contributed by atoms with Crippen molar-refractivity contribution in [3.8, 4) is 0 Å². The first kappa shape index (κ1) is 16.7. The van der Waals surface area contributed by atoms with Crippen molar-refractivity contribution in [1.29, 1.82) is 0 Å². The molecule has 0 saturated heterocycles.